The number of carbonyl (C=O) groups is 1. The lowest BCUT2D eigenvalue weighted by Crippen LogP contribution is -2.50. The Hall–Kier alpha value is -0.700. The van der Waals surface area contributed by atoms with Crippen LogP contribution in [0.2, 0.25) is 0 Å². The summed E-state index contributed by atoms with van der Waals surface area (Å²) in [5.74, 6) is -3.94. The van der Waals surface area contributed by atoms with Crippen molar-refractivity contribution in [1.29, 1.82) is 0 Å². The maximum atomic E-state index is 13.0. The number of likely N-dealkylation sites (tertiary alicyclic amines) is 1. The molecule has 0 saturated carbocycles. The van der Waals surface area contributed by atoms with Crippen LogP contribution in [0.3, 0.4) is 0 Å². The molecule has 0 spiro atoms. The monoisotopic (exact) mass is 365 g/mol. The Morgan fingerprint density at radius 1 is 1.32 bits per heavy atom. The average Bonchev–Trinajstić information content (AvgIpc) is 2.22. The first-order chi connectivity index (χ1) is 9.69. The lowest BCUT2D eigenvalue weighted by Gasteiger charge is -2.39. The second kappa shape index (κ2) is 6.43. The molecule has 1 aliphatic rings. The van der Waals surface area contributed by atoms with Crippen molar-refractivity contribution in [1.82, 2.24) is 4.90 Å². The number of amides is 1. The van der Waals surface area contributed by atoms with Crippen molar-refractivity contribution in [2.45, 2.75) is 39.0 Å². The first-order valence-corrected chi connectivity index (χ1v) is 9.14. The largest absolute Gasteiger partial charge is 0.444 e. The molecule has 1 fully saturated rings. The third-order valence-corrected chi connectivity index (χ3v) is 4.42. The molecular formula is C12H19ClF3NO4S. The molecule has 1 amide bonds. The van der Waals surface area contributed by atoms with Crippen molar-refractivity contribution < 1.29 is 31.1 Å². The minimum absolute atomic E-state index is 0.141. The van der Waals surface area contributed by atoms with E-state index in [1.807, 2.05) is 0 Å². The number of halogens is 4. The zero-order chi connectivity index (χ0) is 17.3. The minimum Gasteiger partial charge on any atom is -0.444 e. The van der Waals surface area contributed by atoms with E-state index in [9.17, 15) is 26.4 Å². The standard InChI is InChI=1S/C12H19ClF3NO4S/c1-11(2,3)21-10(18)17-5-4-9(12(14,15)16)8(6-17)7-22(13,19)20/h8-9H,4-7H2,1-3H3. The molecule has 5 nitrogen and oxygen atoms in total. The van der Waals surface area contributed by atoms with Crippen LogP contribution in [-0.2, 0) is 13.8 Å². The molecule has 0 aliphatic carbocycles. The fraction of sp³-hybridized carbons (Fsp3) is 0.917. The van der Waals surface area contributed by atoms with Gasteiger partial charge in [0, 0.05) is 29.7 Å². The highest BCUT2D eigenvalue weighted by molar-refractivity contribution is 8.13. The molecule has 0 aromatic heterocycles. The quantitative estimate of drug-likeness (QED) is 0.706. The van der Waals surface area contributed by atoms with Crippen molar-refractivity contribution in [3.63, 3.8) is 0 Å². The summed E-state index contributed by atoms with van der Waals surface area (Å²) >= 11 is 0. The van der Waals surface area contributed by atoms with Gasteiger partial charge in [0.1, 0.15) is 5.60 Å². The summed E-state index contributed by atoms with van der Waals surface area (Å²) in [6.07, 6.45) is -5.67. The maximum absolute atomic E-state index is 13.0. The minimum atomic E-state index is -4.54. The molecule has 2 atom stereocenters. The third kappa shape index (κ3) is 6.20. The molecule has 0 bridgehead atoms. The number of alkyl halides is 3. The highest BCUT2D eigenvalue weighted by atomic mass is 35.7. The van der Waals surface area contributed by atoms with Crippen LogP contribution in [0.15, 0.2) is 0 Å². The van der Waals surface area contributed by atoms with E-state index >= 15 is 0 Å². The summed E-state index contributed by atoms with van der Waals surface area (Å²) in [5.41, 5.74) is -0.786. The lowest BCUT2D eigenvalue weighted by atomic mass is 9.86. The molecule has 0 aromatic carbocycles. The van der Waals surface area contributed by atoms with Gasteiger partial charge in [-0.1, -0.05) is 0 Å². The molecule has 1 saturated heterocycles. The number of carbonyl (C=O) groups excluding carboxylic acids is 1. The van der Waals surface area contributed by atoms with E-state index in [0.717, 1.165) is 4.90 Å². The Bertz CT molecular complexity index is 515. The number of nitrogens with zero attached hydrogens (tertiary/aromatic N) is 1. The van der Waals surface area contributed by atoms with Crippen molar-refractivity contribution >= 4 is 25.8 Å². The van der Waals surface area contributed by atoms with Crippen LogP contribution >= 0.6 is 10.7 Å². The van der Waals surface area contributed by atoms with Gasteiger partial charge in [0.25, 0.3) is 0 Å². The van der Waals surface area contributed by atoms with Gasteiger partial charge in [-0.15, -0.1) is 0 Å². The Morgan fingerprint density at radius 3 is 2.27 bits per heavy atom. The van der Waals surface area contributed by atoms with E-state index in [4.69, 9.17) is 15.4 Å². The van der Waals surface area contributed by atoms with Gasteiger partial charge in [-0.05, 0) is 27.2 Å². The molecule has 130 valence electrons. The van der Waals surface area contributed by atoms with Crippen molar-refractivity contribution in [2.75, 3.05) is 18.8 Å². The van der Waals surface area contributed by atoms with Gasteiger partial charge in [0.05, 0.1) is 11.7 Å². The van der Waals surface area contributed by atoms with Crippen LogP contribution in [0, 0.1) is 11.8 Å². The predicted molar refractivity (Wildman–Crippen MR) is 75.1 cm³/mol. The fourth-order valence-corrected chi connectivity index (χ4v) is 3.71. The van der Waals surface area contributed by atoms with Gasteiger partial charge in [-0.2, -0.15) is 13.2 Å². The molecule has 0 aromatic rings. The maximum Gasteiger partial charge on any atom is 0.410 e. The second-order valence-corrected chi connectivity index (χ2v) is 9.15. The van der Waals surface area contributed by atoms with E-state index in [0.29, 0.717) is 0 Å². The molecule has 0 N–H and O–H groups in total. The zero-order valence-electron chi connectivity index (χ0n) is 12.5. The number of ether oxygens (including phenoxy) is 1. The predicted octanol–water partition coefficient (Wildman–Crippen LogP) is 2.99. The van der Waals surface area contributed by atoms with Gasteiger partial charge >= 0.3 is 12.3 Å². The number of hydrogen-bond acceptors (Lipinski definition) is 4. The van der Waals surface area contributed by atoms with Gasteiger partial charge in [-0.25, -0.2) is 13.2 Å². The molecule has 2 unspecified atom stereocenters. The van der Waals surface area contributed by atoms with E-state index in [-0.39, 0.29) is 19.5 Å². The molecule has 1 heterocycles. The third-order valence-electron chi connectivity index (χ3n) is 3.22. The summed E-state index contributed by atoms with van der Waals surface area (Å²) in [6.45, 7) is 4.40. The Morgan fingerprint density at radius 2 is 1.86 bits per heavy atom. The molecule has 1 aliphatic heterocycles. The average molecular weight is 366 g/mol. The van der Waals surface area contributed by atoms with Crippen LogP contribution in [0.1, 0.15) is 27.2 Å². The van der Waals surface area contributed by atoms with Crippen molar-refractivity contribution in [3.05, 3.63) is 0 Å². The SMILES string of the molecule is CC(C)(C)OC(=O)N1CCC(C(F)(F)F)C(CS(=O)(=O)Cl)C1. The highest BCUT2D eigenvalue weighted by Crippen LogP contribution is 2.39. The van der Waals surface area contributed by atoms with Gasteiger partial charge in [-0.3, -0.25) is 0 Å². The van der Waals surface area contributed by atoms with Gasteiger partial charge < -0.3 is 9.64 Å². The van der Waals surface area contributed by atoms with Crippen LogP contribution in [0.5, 0.6) is 0 Å². The Balaban J connectivity index is 2.88. The van der Waals surface area contributed by atoms with Crippen LogP contribution in [0.4, 0.5) is 18.0 Å². The zero-order valence-corrected chi connectivity index (χ0v) is 14.1. The second-order valence-electron chi connectivity index (χ2n) is 6.33. The topological polar surface area (TPSA) is 63.7 Å². The summed E-state index contributed by atoms with van der Waals surface area (Å²) in [7, 11) is 0.978. The first kappa shape index (κ1) is 19.3. The summed E-state index contributed by atoms with van der Waals surface area (Å²) < 4.78 is 66.4. The molecule has 10 heteroatoms. The number of rotatable bonds is 2. The van der Waals surface area contributed by atoms with E-state index < -0.39 is 44.5 Å². The molecule has 1 rings (SSSR count). The molecular weight excluding hydrogens is 347 g/mol. The molecule has 0 radical (unpaired) electrons. The summed E-state index contributed by atoms with van der Waals surface area (Å²) in [4.78, 5) is 13.0. The highest BCUT2D eigenvalue weighted by Gasteiger charge is 2.49. The van der Waals surface area contributed by atoms with E-state index in [1.54, 1.807) is 20.8 Å². The smallest absolute Gasteiger partial charge is 0.410 e. The Kier molecular flexibility index (Phi) is 5.65. The van der Waals surface area contributed by atoms with E-state index in [2.05, 4.69) is 0 Å². The van der Waals surface area contributed by atoms with Gasteiger partial charge in [0.2, 0.25) is 9.05 Å². The lowest BCUT2D eigenvalue weighted by molar-refractivity contribution is -0.197. The summed E-state index contributed by atoms with van der Waals surface area (Å²) in [6, 6.07) is 0. The van der Waals surface area contributed by atoms with Crippen molar-refractivity contribution in [3.8, 4) is 0 Å². The number of hydrogen-bond donors (Lipinski definition) is 0. The molecule has 22 heavy (non-hydrogen) atoms. The van der Waals surface area contributed by atoms with Crippen LogP contribution in [0.25, 0.3) is 0 Å². The van der Waals surface area contributed by atoms with E-state index in [1.165, 1.54) is 0 Å². The normalized spacial score (nSPS) is 24.2. The number of piperidine rings is 1. The Labute approximate surface area is 132 Å². The fourth-order valence-electron chi connectivity index (χ4n) is 2.38. The van der Waals surface area contributed by atoms with Crippen LogP contribution in [-0.4, -0.2) is 50.0 Å². The van der Waals surface area contributed by atoms with Gasteiger partial charge in [0.15, 0.2) is 0 Å². The van der Waals surface area contributed by atoms with Crippen molar-refractivity contribution in [2.24, 2.45) is 11.8 Å². The first-order valence-electron chi connectivity index (χ1n) is 6.66. The van der Waals surface area contributed by atoms with Crippen LogP contribution < -0.4 is 0 Å². The summed E-state index contributed by atoms with van der Waals surface area (Å²) in [5, 5.41) is 0.